The number of pyridine rings is 1. The minimum atomic E-state index is -0.505. The van der Waals surface area contributed by atoms with Crippen molar-refractivity contribution in [3.05, 3.63) is 23.8 Å². The molecule has 0 bridgehead atoms. The molecule has 0 aromatic carbocycles. The molecule has 1 aromatic rings. The second kappa shape index (κ2) is 9.54. The average molecular weight is 396 g/mol. The zero-order valence-corrected chi connectivity index (χ0v) is 18.0. The molecular weight excluding hydrogens is 361 g/mol. The fourth-order valence-corrected chi connectivity index (χ4v) is 3.33. The largest absolute Gasteiger partial charge is 0.487 e. The molecule has 7 heteroatoms. The average Bonchev–Trinajstić information content (AvgIpc) is 2.59. The van der Waals surface area contributed by atoms with Crippen molar-refractivity contribution in [3.63, 3.8) is 0 Å². The molecule has 0 radical (unpaired) electrons. The number of halogens is 1. The highest BCUT2D eigenvalue weighted by Crippen LogP contribution is 2.34. The predicted molar refractivity (Wildman–Crippen MR) is 107 cm³/mol. The summed E-state index contributed by atoms with van der Waals surface area (Å²) in [6, 6.07) is 1.43. The number of carbonyl (C=O) groups is 1. The first-order valence-electron chi connectivity index (χ1n) is 10.0. The topological polar surface area (TPSA) is 54.9 Å². The molecule has 1 saturated heterocycles. The molecule has 158 valence electrons. The quantitative estimate of drug-likeness (QED) is 0.727. The third-order valence-electron chi connectivity index (χ3n) is 4.70. The number of ether oxygens (including phenoxy) is 2. The predicted octanol–water partition coefficient (Wildman–Crippen LogP) is 4.05. The van der Waals surface area contributed by atoms with Gasteiger partial charge >= 0.3 is 6.09 Å². The van der Waals surface area contributed by atoms with E-state index in [-0.39, 0.29) is 18.1 Å². The number of hydrogen-bond donors (Lipinski definition) is 0. The maximum atomic E-state index is 13.8. The summed E-state index contributed by atoms with van der Waals surface area (Å²) in [6.45, 7) is 9.58. The monoisotopic (exact) mass is 395 g/mol. The van der Waals surface area contributed by atoms with E-state index in [1.54, 1.807) is 4.90 Å². The number of carbonyl (C=O) groups excluding carboxylic acids is 1. The molecule has 1 aromatic heterocycles. The van der Waals surface area contributed by atoms with Crippen molar-refractivity contribution >= 4 is 6.09 Å². The lowest BCUT2D eigenvalue weighted by molar-refractivity contribution is 0.0203. The minimum Gasteiger partial charge on any atom is -0.487 e. The normalized spacial score (nSPS) is 16.9. The van der Waals surface area contributed by atoms with Crippen LogP contribution in [0.25, 0.3) is 0 Å². The van der Waals surface area contributed by atoms with Gasteiger partial charge < -0.3 is 19.3 Å². The molecule has 1 aliphatic heterocycles. The van der Waals surface area contributed by atoms with Gasteiger partial charge in [-0.15, -0.1) is 0 Å². The van der Waals surface area contributed by atoms with Crippen molar-refractivity contribution in [2.24, 2.45) is 0 Å². The second-order valence-corrected chi connectivity index (χ2v) is 8.69. The number of rotatable bonds is 6. The maximum Gasteiger partial charge on any atom is 0.410 e. The number of likely N-dealkylation sites (N-methyl/N-ethyl adjacent to an activating group) is 1. The van der Waals surface area contributed by atoms with Gasteiger partial charge in [-0.25, -0.2) is 9.18 Å². The Hall–Kier alpha value is -1.89. The first-order chi connectivity index (χ1) is 13.1. The summed E-state index contributed by atoms with van der Waals surface area (Å²) in [5.41, 5.74) is 0.275. The van der Waals surface area contributed by atoms with E-state index in [9.17, 15) is 9.18 Å². The van der Waals surface area contributed by atoms with E-state index < -0.39 is 11.4 Å². The van der Waals surface area contributed by atoms with Crippen molar-refractivity contribution in [1.82, 2.24) is 14.8 Å². The standard InChI is InChI=1S/C21H34FN3O3/c1-7-17(14-24(5)6)27-18-12-16(22)13-23-19(18)15-8-10-25(11-9-15)20(26)28-21(2,3)4/h12-13,15,17H,7-11,14H2,1-6H3/t17-/m0/s1. The van der Waals surface area contributed by atoms with E-state index >= 15 is 0 Å². The lowest BCUT2D eigenvalue weighted by Gasteiger charge is -2.34. The lowest BCUT2D eigenvalue weighted by Crippen LogP contribution is -2.41. The number of amides is 1. The molecule has 1 fully saturated rings. The highest BCUT2D eigenvalue weighted by Gasteiger charge is 2.30. The van der Waals surface area contributed by atoms with Crippen LogP contribution in [0.15, 0.2) is 12.3 Å². The summed E-state index contributed by atoms with van der Waals surface area (Å²) in [7, 11) is 3.98. The highest BCUT2D eigenvalue weighted by molar-refractivity contribution is 5.68. The molecule has 1 amide bonds. The molecule has 2 heterocycles. The molecule has 1 atom stereocenters. The Labute approximate surface area is 168 Å². The van der Waals surface area contributed by atoms with Crippen molar-refractivity contribution in [1.29, 1.82) is 0 Å². The van der Waals surface area contributed by atoms with Crippen molar-refractivity contribution in [3.8, 4) is 5.75 Å². The second-order valence-electron chi connectivity index (χ2n) is 8.69. The zero-order valence-electron chi connectivity index (χ0n) is 18.0. The number of likely N-dealkylation sites (tertiary alicyclic amines) is 1. The van der Waals surface area contributed by atoms with Gasteiger partial charge in [0.15, 0.2) is 0 Å². The number of piperidine rings is 1. The van der Waals surface area contributed by atoms with Crippen LogP contribution < -0.4 is 4.74 Å². The van der Waals surface area contributed by atoms with Crippen LogP contribution >= 0.6 is 0 Å². The van der Waals surface area contributed by atoms with E-state index in [0.717, 1.165) is 31.5 Å². The van der Waals surface area contributed by atoms with Gasteiger partial charge in [0.25, 0.3) is 0 Å². The molecule has 0 N–H and O–H groups in total. The number of hydrogen-bond acceptors (Lipinski definition) is 5. The van der Waals surface area contributed by atoms with Gasteiger partial charge in [-0.05, 0) is 54.1 Å². The number of aromatic nitrogens is 1. The molecule has 0 spiro atoms. The molecule has 28 heavy (non-hydrogen) atoms. The van der Waals surface area contributed by atoms with E-state index in [1.807, 2.05) is 34.9 Å². The Kier molecular flexibility index (Phi) is 7.63. The summed E-state index contributed by atoms with van der Waals surface area (Å²) in [5, 5.41) is 0. The molecule has 1 aliphatic rings. The Morgan fingerprint density at radius 3 is 2.54 bits per heavy atom. The number of nitrogens with zero attached hydrogens (tertiary/aromatic N) is 3. The Morgan fingerprint density at radius 2 is 2.00 bits per heavy atom. The van der Waals surface area contributed by atoms with Gasteiger partial charge in [-0.1, -0.05) is 6.92 Å². The van der Waals surface area contributed by atoms with Gasteiger partial charge in [0, 0.05) is 31.6 Å². The zero-order chi connectivity index (χ0) is 20.9. The summed E-state index contributed by atoms with van der Waals surface area (Å²) in [6.07, 6.45) is 3.25. The Balaban J connectivity index is 2.07. The van der Waals surface area contributed by atoms with Gasteiger partial charge in [0.2, 0.25) is 0 Å². The smallest absolute Gasteiger partial charge is 0.410 e. The van der Waals surface area contributed by atoms with Crippen molar-refractivity contribution < 1.29 is 18.7 Å². The molecule has 2 rings (SSSR count). The summed E-state index contributed by atoms with van der Waals surface area (Å²) < 4.78 is 25.4. The van der Waals surface area contributed by atoms with E-state index in [4.69, 9.17) is 9.47 Å². The van der Waals surface area contributed by atoms with Gasteiger partial charge in [0.05, 0.1) is 11.9 Å². The van der Waals surface area contributed by atoms with Crippen LogP contribution in [0.5, 0.6) is 5.75 Å². The van der Waals surface area contributed by atoms with E-state index in [0.29, 0.717) is 18.8 Å². The third kappa shape index (κ3) is 6.62. The van der Waals surface area contributed by atoms with Crippen molar-refractivity contribution in [2.45, 2.75) is 64.6 Å². The third-order valence-corrected chi connectivity index (χ3v) is 4.70. The Morgan fingerprint density at radius 1 is 1.36 bits per heavy atom. The van der Waals surface area contributed by atoms with Gasteiger partial charge in [-0.3, -0.25) is 4.98 Å². The van der Waals surface area contributed by atoms with Crippen LogP contribution in [0.3, 0.4) is 0 Å². The van der Waals surface area contributed by atoms with Crippen LogP contribution in [0.4, 0.5) is 9.18 Å². The van der Waals surface area contributed by atoms with Crippen LogP contribution in [-0.2, 0) is 4.74 Å². The Bertz CT molecular complexity index is 653. The first kappa shape index (κ1) is 22.4. The summed E-state index contributed by atoms with van der Waals surface area (Å²) in [5.74, 6) is 0.250. The molecule has 0 aliphatic carbocycles. The van der Waals surface area contributed by atoms with E-state index in [2.05, 4.69) is 16.8 Å². The molecule has 0 saturated carbocycles. The van der Waals surface area contributed by atoms with Gasteiger partial charge in [-0.2, -0.15) is 0 Å². The van der Waals surface area contributed by atoms with Crippen LogP contribution in [0.1, 0.15) is 58.6 Å². The highest BCUT2D eigenvalue weighted by atomic mass is 19.1. The lowest BCUT2D eigenvalue weighted by atomic mass is 9.92. The fraction of sp³-hybridized carbons (Fsp3) is 0.714. The van der Waals surface area contributed by atoms with Crippen LogP contribution in [0.2, 0.25) is 0 Å². The molecule has 0 unspecified atom stereocenters. The van der Waals surface area contributed by atoms with Gasteiger partial charge in [0.1, 0.15) is 23.3 Å². The molecular formula is C21H34FN3O3. The van der Waals surface area contributed by atoms with Crippen molar-refractivity contribution in [2.75, 3.05) is 33.7 Å². The minimum absolute atomic E-state index is 0.0285. The maximum absolute atomic E-state index is 13.8. The van der Waals surface area contributed by atoms with Crippen LogP contribution in [-0.4, -0.2) is 66.3 Å². The fourth-order valence-electron chi connectivity index (χ4n) is 3.33. The first-order valence-corrected chi connectivity index (χ1v) is 10.0. The SMILES string of the molecule is CC[C@@H](CN(C)C)Oc1cc(F)cnc1C1CCN(C(=O)OC(C)(C)C)CC1. The van der Waals surface area contributed by atoms with Crippen LogP contribution in [0, 0.1) is 5.82 Å². The summed E-state index contributed by atoms with van der Waals surface area (Å²) >= 11 is 0. The van der Waals surface area contributed by atoms with E-state index in [1.165, 1.54) is 12.3 Å². The summed E-state index contributed by atoms with van der Waals surface area (Å²) in [4.78, 5) is 20.4. The molecule has 6 nitrogen and oxygen atoms in total.